The van der Waals surface area contributed by atoms with Crippen molar-refractivity contribution in [3.63, 3.8) is 0 Å². The topological polar surface area (TPSA) is 57.5 Å². The summed E-state index contributed by atoms with van der Waals surface area (Å²) in [6.07, 6.45) is -1.64. The molecule has 1 unspecified atom stereocenters. The maximum atomic E-state index is 9.75. The quantitative estimate of drug-likeness (QED) is 0.570. The Morgan fingerprint density at radius 1 is 1.75 bits per heavy atom. The van der Waals surface area contributed by atoms with Crippen LogP contribution in [-0.4, -0.2) is 22.3 Å². The molecule has 0 aliphatic rings. The molecule has 0 bridgehead atoms. The summed E-state index contributed by atoms with van der Waals surface area (Å²) < 4.78 is 0. The van der Waals surface area contributed by atoms with E-state index < -0.39 is 12.1 Å². The van der Waals surface area contributed by atoms with E-state index in [1.807, 2.05) is 0 Å². The van der Waals surface area contributed by atoms with E-state index in [9.17, 15) is 4.79 Å². The molecule has 0 radical (unpaired) electrons. The molecule has 0 spiro atoms. The SMILES string of the molecule is C=C(Cl)C(O)C(=O)O. The number of carboxylic acids is 1. The molecule has 0 rings (SSSR count). The maximum Gasteiger partial charge on any atom is 0.338 e. The Morgan fingerprint density at radius 2 is 2.12 bits per heavy atom. The Hall–Kier alpha value is -0.540. The third-order valence-electron chi connectivity index (χ3n) is 0.531. The number of hydrogen-bond donors (Lipinski definition) is 2. The smallest absolute Gasteiger partial charge is 0.338 e. The van der Waals surface area contributed by atoms with Crippen molar-refractivity contribution in [2.75, 3.05) is 0 Å². The number of carboxylic acid groups (broad SMARTS) is 1. The van der Waals surface area contributed by atoms with E-state index in [0.29, 0.717) is 0 Å². The maximum absolute atomic E-state index is 9.75. The molecule has 8 heavy (non-hydrogen) atoms. The van der Waals surface area contributed by atoms with Crippen molar-refractivity contribution in [2.24, 2.45) is 0 Å². The second-order valence-corrected chi connectivity index (χ2v) is 1.67. The van der Waals surface area contributed by atoms with Gasteiger partial charge in [-0.2, -0.15) is 0 Å². The van der Waals surface area contributed by atoms with Gasteiger partial charge in [-0.15, -0.1) is 0 Å². The van der Waals surface area contributed by atoms with E-state index in [1.165, 1.54) is 0 Å². The highest BCUT2D eigenvalue weighted by atomic mass is 35.5. The predicted molar refractivity (Wildman–Crippen MR) is 28.6 cm³/mol. The van der Waals surface area contributed by atoms with Crippen LogP contribution in [0.1, 0.15) is 0 Å². The van der Waals surface area contributed by atoms with Crippen molar-refractivity contribution < 1.29 is 15.0 Å². The molecule has 0 aromatic heterocycles. The summed E-state index contributed by atoms with van der Waals surface area (Å²) in [6, 6.07) is 0. The molecule has 0 saturated carbocycles. The second-order valence-electron chi connectivity index (χ2n) is 1.19. The van der Waals surface area contributed by atoms with Gasteiger partial charge >= 0.3 is 5.97 Å². The first kappa shape index (κ1) is 7.46. The molecule has 2 N–H and O–H groups in total. The molecule has 0 heterocycles. The molecule has 3 nitrogen and oxygen atoms in total. The average molecular weight is 137 g/mol. The fourth-order valence-electron chi connectivity index (χ4n) is 0.134. The first-order valence-electron chi connectivity index (χ1n) is 1.81. The van der Waals surface area contributed by atoms with Gasteiger partial charge in [-0.05, 0) is 0 Å². The van der Waals surface area contributed by atoms with Gasteiger partial charge in [0.2, 0.25) is 0 Å². The van der Waals surface area contributed by atoms with Gasteiger partial charge < -0.3 is 10.2 Å². The van der Waals surface area contributed by atoms with E-state index in [-0.39, 0.29) is 5.03 Å². The van der Waals surface area contributed by atoms with Crippen LogP contribution in [0, 0.1) is 0 Å². The highest BCUT2D eigenvalue weighted by Gasteiger charge is 2.13. The number of aliphatic hydroxyl groups is 1. The summed E-state index contributed by atoms with van der Waals surface area (Å²) in [4.78, 5) is 9.75. The third-order valence-corrected chi connectivity index (χ3v) is 0.737. The Morgan fingerprint density at radius 3 is 2.12 bits per heavy atom. The zero-order valence-corrected chi connectivity index (χ0v) is 4.72. The summed E-state index contributed by atoms with van der Waals surface area (Å²) in [6.45, 7) is 3.01. The summed E-state index contributed by atoms with van der Waals surface area (Å²) in [5.74, 6) is -1.38. The molecule has 0 aromatic carbocycles. The monoisotopic (exact) mass is 136 g/mol. The molecule has 0 fully saturated rings. The van der Waals surface area contributed by atoms with Gasteiger partial charge in [-0.3, -0.25) is 0 Å². The number of carbonyl (C=O) groups is 1. The molecular weight excluding hydrogens is 131 g/mol. The number of rotatable bonds is 2. The van der Waals surface area contributed by atoms with Crippen LogP contribution < -0.4 is 0 Å². The van der Waals surface area contributed by atoms with Crippen molar-refractivity contribution in [3.8, 4) is 0 Å². The Labute approximate surface area is 51.2 Å². The van der Waals surface area contributed by atoms with Crippen molar-refractivity contribution in [1.29, 1.82) is 0 Å². The highest BCUT2D eigenvalue weighted by molar-refractivity contribution is 6.31. The Bertz CT molecular complexity index is 106. The fourth-order valence-corrected chi connectivity index (χ4v) is 0.227. The predicted octanol–water partition coefficient (Wildman–Crippen LogP) is 0.184. The van der Waals surface area contributed by atoms with E-state index in [0.717, 1.165) is 0 Å². The lowest BCUT2D eigenvalue weighted by atomic mass is 10.4. The number of aliphatic carboxylic acids is 1. The van der Waals surface area contributed by atoms with Gasteiger partial charge in [0.05, 0.1) is 5.03 Å². The molecule has 0 amide bonds. The molecule has 4 heteroatoms. The fraction of sp³-hybridized carbons (Fsp3) is 0.250. The molecule has 0 saturated heterocycles. The molecular formula is C4H5ClO3. The van der Waals surface area contributed by atoms with Gasteiger partial charge in [0.25, 0.3) is 0 Å². The van der Waals surface area contributed by atoms with Crippen LogP contribution in [0.2, 0.25) is 0 Å². The minimum absolute atomic E-state index is 0.280. The van der Waals surface area contributed by atoms with E-state index in [4.69, 9.17) is 21.8 Å². The summed E-state index contributed by atoms with van der Waals surface area (Å²) in [7, 11) is 0. The first-order valence-corrected chi connectivity index (χ1v) is 2.18. The van der Waals surface area contributed by atoms with Crippen LogP contribution in [0.25, 0.3) is 0 Å². The lowest BCUT2D eigenvalue weighted by Gasteiger charge is -1.98. The van der Waals surface area contributed by atoms with Crippen LogP contribution >= 0.6 is 11.6 Å². The Kier molecular flexibility index (Phi) is 2.51. The van der Waals surface area contributed by atoms with Gasteiger partial charge in [0, 0.05) is 0 Å². The van der Waals surface area contributed by atoms with E-state index in [2.05, 4.69) is 6.58 Å². The van der Waals surface area contributed by atoms with E-state index >= 15 is 0 Å². The average Bonchev–Trinajstić information content (AvgIpc) is 1.64. The Balaban J connectivity index is 3.83. The first-order chi connectivity index (χ1) is 3.55. The minimum Gasteiger partial charge on any atom is -0.479 e. The highest BCUT2D eigenvalue weighted by Crippen LogP contribution is 2.02. The van der Waals surface area contributed by atoms with Crippen molar-refractivity contribution in [3.05, 3.63) is 11.6 Å². The molecule has 0 aromatic rings. The normalized spacial score (nSPS) is 12.8. The van der Waals surface area contributed by atoms with Gasteiger partial charge in [-0.1, -0.05) is 18.2 Å². The lowest BCUT2D eigenvalue weighted by molar-refractivity contribution is -0.144. The number of hydrogen-bond acceptors (Lipinski definition) is 2. The third kappa shape index (κ3) is 1.95. The van der Waals surface area contributed by atoms with Gasteiger partial charge in [0.1, 0.15) is 0 Å². The number of halogens is 1. The van der Waals surface area contributed by atoms with Crippen LogP contribution in [0.5, 0.6) is 0 Å². The molecule has 0 aliphatic heterocycles. The zero-order chi connectivity index (χ0) is 6.73. The largest absolute Gasteiger partial charge is 0.479 e. The van der Waals surface area contributed by atoms with E-state index in [1.54, 1.807) is 0 Å². The minimum atomic E-state index is -1.64. The standard InChI is InChI=1S/C4H5ClO3/c1-2(5)3(6)4(7)8/h3,6H,1H2,(H,7,8). The summed E-state index contributed by atoms with van der Waals surface area (Å²) in [5, 5.41) is 16.0. The van der Waals surface area contributed by atoms with Crippen LogP contribution in [-0.2, 0) is 4.79 Å². The summed E-state index contributed by atoms with van der Waals surface area (Å²) >= 11 is 5.00. The second kappa shape index (κ2) is 2.69. The van der Waals surface area contributed by atoms with Crippen molar-refractivity contribution in [1.82, 2.24) is 0 Å². The van der Waals surface area contributed by atoms with Gasteiger partial charge in [0.15, 0.2) is 6.10 Å². The van der Waals surface area contributed by atoms with Gasteiger partial charge in [-0.25, -0.2) is 4.79 Å². The van der Waals surface area contributed by atoms with Crippen molar-refractivity contribution >= 4 is 17.6 Å². The molecule has 1 atom stereocenters. The zero-order valence-electron chi connectivity index (χ0n) is 3.97. The lowest BCUT2D eigenvalue weighted by Crippen LogP contribution is -2.18. The van der Waals surface area contributed by atoms with Crippen LogP contribution in [0.3, 0.4) is 0 Å². The van der Waals surface area contributed by atoms with Crippen molar-refractivity contribution in [2.45, 2.75) is 6.10 Å². The van der Waals surface area contributed by atoms with Crippen LogP contribution in [0.15, 0.2) is 11.6 Å². The molecule has 46 valence electrons. The summed E-state index contributed by atoms with van der Waals surface area (Å²) in [5.41, 5.74) is 0. The number of aliphatic hydroxyl groups excluding tert-OH is 1. The molecule has 0 aliphatic carbocycles. The van der Waals surface area contributed by atoms with Crippen LogP contribution in [0.4, 0.5) is 0 Å².